The van der Waals surface area contributed by atoms with E-state index in [0.717, 1.165) is 31.4 Å². The zero-order valence-corrected chi connectivity index (χ0v) is 9.86. The Morgan fingerprint density at radius 1 is 1.35 bits per heavy atom. The molecule has 1 fully saturated rings. The van der Waals surface area contributed by atoms with Crippen LogP contribution in [0.15, 0.2) is 18.2 Å². The van der Waals surface area contributed by atoms with Crippen LogP contribution in [0.25, 0.3) is 0 Å². The molecule has 1 aromatic carbocycles. The van der Waals surface area contributed by atoms with Gasteiger partial charge in [-0.1, -0.05) is 18.9 Å². The van der Waals surface area contributed by atoms with Gasteiger partial charge >= 0.3 is 0 Å². The number of anilines is 2. The molecule has 0 aromatic heterocycles. The van der Waals surface area contributed by atoms with E-state index in [1.807, 2.05) is 18.0 Å². The minimum Gasteiger partial charge on any atom is -0.506 e. The highest BCUT2D eigenvalue weighted by Crippen LogP contribution is 2.47. The molecule has 0 atom stereocenters. The number of aromatic hydroxyl groups is 1. The average Bonchev–Trinajstić information content (AvgIpc) is 2.77. The number of hydrogen-bond donors (Lipinski definition) is 2. The van der Waals surface area contributed by atoms with Gasteiger partial charge in [-0.2, -0.15) is 0 Å². The van der Waals surface area contributed by atoms with Crippen molar-refractivity contribution in [3.05, 3.63) is 18.2 Å². The van der Waals surface area contributed by atoms with Crippen molar-refractivity contribution in [2.45, 2.75) is 31.2 Å². The molecule has 0 radical (unpaired) electrons. The summed E-state index contributed by atoms with van der Waals surface area (Å²) in [5.41, 5.74) is 0.996. The number of nitrogens with zero attached hydrogens (tertiary/aromatic N) is 1. The molecular weight excluding hydrogens is 216 g/mol. The van der Waals surface area contributed by atoms with Gasteiger partial charge in [-0.3, -0.25) is 4.79 Å². The van der Waals surface area contributed by atoms with Crippen molar-refractivity contribution in [2.75, 3.05) is 17.3 Å². The lowest BCUT2D eigenvalue weighted by Crippen LogP contribution is -2.56. The number of phenols is 1. The second-order valence-corrected chi connectivity index (χ2v) is 4.93. The molecule has 3 rings (SSSR count). The monoisotopic (exact) mass is 232 g/mol. The van der Waals surface area contributed by atoms with Crippen LogP contribution in [0.3, 0.4) is 0 Å². The third kappa shape index (κ3) is 1.27. The summed E-state index contributed by atoms with van der Waals surface area (Å²) in [5, 5.41) is 12.9. The van der Waals surface area contributed by atoms with Crippen LogP contribution < -0.4 is 10.2 Å². The van der Waals surface area contributed by atoms with Gasteiger partial charge in [-0.05, 0) is 25.0 Å². The Labute approximate surface area is 100 Å². The average molecular weight is 232 g/mol. The zero-order valence-electron chi connectivity index (χ0n) is 9.86. The molecule has 17 heavy (non-hydrogen) atoms. The lowest BCUT2D eigenvalue weighted by molar-refractivity contribution is -0.121. The second kappa shape index (κ2) is 3.39. The standard InChI is InChI=1S/C13H16N2O2/c1-15-11-9(5-4-6-10(11)16)14-12(17)13(15)7-2-3-8-13/h4-6,16H,2-3,7-8H2,1H3,(H,14,17). The Bertz CT molecular complexity index is 478. The number of carbonyl (C=O) groups is 1. The van der Waals surface area contributed by atoms with E-state index in [1.54, 1.807) is 12.1 Å². The predicted octanol–water partition coefficient (Wildman–Crippen LogP) is 2.09. The Morgan fingerprint density at radius 2 is 2.06 bits per heavy atom. The van der Waals surface area contributed by atoms with E-state index < -0.39 is 5.54 Å². The molecule has 1 spiro atoms. The highest BCUT2D eigenvalue weighted by Gasteiger charge is 2.48. The van der Waals surface area contributed by atoms with Gasteiger partial charge in [0.25, 0.3) is 0 Å². The number of rotatable bonds is 0. The molecule has 1 amide bonds. The summed E-state index contributed by atoms with van der Waals surface area (Å²) >= 11 is 0. The van der Waals surface area contributed by atoms with Crippen LogP contribution in [-0.4, -0.2) is 23.6 Å². The summed E-state index contributed by atoms with van der Waals surface area (Å²) in [6.07, 6.45) is 3.87. The molecule has 4 heteroatoms. The number of nitrogens with one attached hydrogen (secondary N) is 1. The summed E-state index contributed by atoms with van der Waals surface area (Å²) in [6, 6.07) is 5.23. The first-order chi connectivity index (χ1) is 8.15. The second-order valence-electron chi connectivity index (χ2n) is 4.93. The van der Waals surface area contributed by atoms with Crippen molar-refractivity contribution in [3.8, 4) is 5.75 Å². The summed E-state index contributed by atoms with van der Waals surface area (Å²) in [5.74, 6) is 0.298. The van der Waals surface area contributed by atoms with Crippen LogP contribution in [-0.2, 0) is 4.79 Å². The van der Waals surface area contributed by atoms with Gasteiger partial charge in [0.15, 0.2) is 0 Å². The molecule has 1 heterocycles. The molecule has 1 aliphatic carbocycles. The topological polar surface area (TPSA) is 52.6 Å². The van der Waals surface area contributed by atoms with Crippen LogP contribution in [0, 0.1) is 0 Å². The van der Waals surface area contributed by atoms with Gasteiger partial charge in [-0.25, -0.2) is 0 Å². The molecule has 1 saturated carbocycles. The maximum atomic E-state index is 12.3. The SMILES string of the molecule is CN1c2c(O)cccc2NC(=O)C12CCCC2. The number of likely N-dealkylation sites (N-methyl/N-ethyl adjacent to an activating group) is 1. The zero-order chi connectivity index (χ0) is 12.0. The maximum Gasteiger partial charge on any atom is 0.250 e. The summed E-state index contributed by atoms with van der Waals surface area (Å²) in [7, 11) is 1.91. The quantitative estimate of drug-likeness (QED) is 0.720. The van der Waals surface area contributed by atoms with E-state index >= 15 is 0 Å². The van der Waals surface area contributed by atoms with E-state index in [2.05, 4.69) is 5.32 Å². The molecule has 1 aromatic rings. The minimum absolute atomic E-state index is 0.0654. The van der Waals surface area contributed by atoms with Crippen molar-refractivity contribution in [2.24, 2.45) is 0 Å². The van der Waals surface area contributed by atoms with Gasteiger partial charge in [0.1, 0.15) is 17.0 Å². The van der Waals surface area contributed by atoms with Crippen molar-refractivity contribution >= 4 is 17.3 Å². The van der Waals surface area contributed by atoms with Gasteiger partial charge in [0.2, 0.25) is 5.91 Å². The fourth-order valence-corrected chi connectivity index (χ4v) is 3.11. The number of benzene rings is 1. The van der Waals surface area contributed by atoms with Crippen LogP contribution in [0.5, 0.6) is 5.75 Å². The highest BCUT2D eigenvalue weighted by molar-refractivity contribution is 6.07. The summed E-state index contributed by atoms with van der Waals surface area (Å²) in [4.78, 5) is 14.2. The molecule has 0 saturated heterocycles. The molecule has 90 valence electrons. The van der Waals surface area contributed by atoms with Crippen LogP contribution in [0.4, 0.5) is 11.4 Å². The molecule has 2 aliphatic rings. The minimum atomic E-state index is -0.453. The van der Waals surface area contributed by atoms with Crippen molar-refractivity contribution in [1.29, 1.82) is 0 Å². The van der Waals surface area contributed by atoms with E-state index in [4.69, 9.17) is 0 Å². The molecule has 1 aliphatic heterocycles. The van der Waals surface area contributed by atoms with Crippen LogP contribution in [0.1, 0.15) is 25.7 Å². The van der Waals surface area contributed by atoms with Crippen LogP contribution >= 0.6 is 0 Å². The first-order valence-electron chi connectivity index (χ1n) is 6.02. The lowest BCUT2D eigenvalue weighted by atomic mass is 9.90. The van der Waals surface area contributed by atoms with Crippen molar-refractivity contribution in [1.82, 2.24) is 0 Å². The number of phenolic OH excluding ortho intramolecular Hbond substituents is 1. The number of hydrogen-bond acceptors (Lipinski definition) is 3. The number of fused-ring (bicyclic) bond motifs is 1. The van der Waals surface area contributed by atoms with E-state index in [9.17, 15) is 9.90 Å². The Kier molecular flexibility index (Phi) is 2.08. The van der Waals surface area contributed by atoms with Gasteiger partial charge in [0, 0.05) is 7.05 Å². The highest BCUT2D eigenvalue weighted by atomic mass is 16.3. The Hall–Kier alpha value is -1.71. The number of amides is 1. The molecule has 2 N–H and O–H groups in total. The first kappa shape index (κ1) is 10.4. The molecular formula is C13H16N2O2. The van der Waals surface area contributed by atoms with E-state index in [1.165, 1.54) is 0 Å². The summed E-state index contributed by atoms with van der Waals surface area (Å²) in [6.45, 7) is 0. The van der Waals surface area contributed by atoms with Crippen molar-refractivity contribution < 1.29 is 9.90 Å². The number of carbonyl (C=O) groups excluding carboxylic acids is 1. The third-order valence-electron chi connectivity index (χ3n) is 4.09. The largest absolute Gasteiger partial charge is 0.506 e. The smallest absolute Gasteiger partial charge is 0.250 e. The fourth-order valence-electron chi connectivity index (χ4n) is 3.11. The third-order valence-corrected chi connectivity index (χ3v) is 4.09. The van der Waals surface area contributed by atoms with E-state index in [0.29, 0.717) is 5.69 Å². The van der Waals surface area contributed by atoms with Gasteiger partial charge < -0.3 is 15.3 Å². The normalized spacial score (nSPS) is 21.5. The van der Waals surface area contributed by atoms with Gasteiger partial charge in [-0.15, -0.1) is 0 Å². The molecule has 0 unspecified atom stereocenters. The van der Waals surface area contributed by atoms with E-state index in [-0.39, 0.29) is 11.7 Å². The summed E-state index contributed by atoms with van der Waals surface area (Å²) < 4.78 is 0. The Balaban J connectivity index is 2.15. The molecule has 4 nitrogen and oxygen atoms in total. The fraction of sp³-hybridized carbons (Fsp3) is 0.462. The number of para-hydroxylation sites is 1. The van der Waals surface area contributed by atoms with Crippen molar-refractivity contribution in [3.63, 3.8) is 0 Å². The predicted molar refractivity (Wildman–Crippen MR) is 66.3 cm³/mol. The maximum absolute atomic E-state index is 12.3. The van der Waals surface area contributed by atoms with Crippen LogP contribution in [0.2, 0.25) is 0 Å². The lowest BCUT2D eigenvalue weighted by Gasteiger charge is -2.43. The Morgan fingerprint density at radius 3 is 2.76 bits per heavy atom. The molecule has 0 bridgehead atoms. The van der Waals surface area contributed by atoms with Gasteiger partial charge in [0.05, 0.1) is 5.69 Å². The first-order valence-corrected chi connectivity index (χ1v) is 6.02.